The van der Waals surface area contributed by atoms with Crippen LogP contribution in [-0.4, -0.2) is 43.4 Å². The molecule has 98 valence electrons. The summed E-state index contributed by atoms with van der Waals surface area (Å²) in [6.07, 6.45) is 2.46. The van der Waals surface area contributed by atoms with Gasteiger partial charge in [-0.3, -0.25) is 0 Å². The summed E-state index contributed by atoms with van der Waals surface area (Å²) in [7, 11) is 0. The quantitative estimate of drug-likeness (QED) is 0.787. The third kappa shape index (κ3) is 2.74. The van der Waals surface area contributed by atoms with Gasteiger partial charge < -0.3 is 20.1 Å². The van der Waals surface area contributed by atoms with E-state index in [1.165, 1.54) is 6.33 Å². The lowest BCUT2D eigenvalue weighted by molar-refractivity contribution is -0.000343. The molecule has 0 bridgehead atoms. The number of fused-ring (bicyclic) bond motifs is 1. The van der Waals surface area contributed by atoms with E-state index in [2.05, 4.69) is 15.0 Å². The summed E-state index contributed by atoms with van der Waals surface area (Å²) in [6.45, 7) is 4.48. The summed E-state index contributed by atoms with van der Waals surface area (Å²) < 4.78 is 7.08. The Balaban J connectivity index is 2.10. The predicted octanol–water partition coefficient (Wildman–Crippen LogP) is 0.194. The van der Waals surface area contributed by atoms with Gasteiger partial charge in [0.1, 0.15) is 11.8 Å². The third-order valence-electron chi connectivity index (χ3n) is 2.46. The second kappa shape index (κ2) is 5.28. The maximum atomic E-state index is 9.85. The third-order valence-corrected chi connectivity index (χ3v) is 2.46. The minimum absolute atomic E-state index is 0.0946. The highest BCUT2D eigenvalue weighted by atomic mass is 16.5. The van der Waals surface area contributed by atoms with Gasteiger partial charge in [-0.05, 0) is 13.8 Å². The fourth-order valence-corrected chi connectivity index (χ4v) is 1.62. The van der Waals surface area contributed by atoms with Crippen LogP contribution in [0.4, 0.5) is 5.82 Å². The van der Waals surface area contributed by atoms with Gasteiger partial charge in [0, 0.05) is 0 Å². The lowest BCUT2D eigenvalue weighted by Gasteiger charge is -2.14. The number of aliphatic hydroxyl groups is 1. The number of hydrogen-bond donors (Lipinski definition) is 2. The first-order valence-electron chi connectivity index (χ1n) is 5.79. The first kappa shape index (κ1) is 12.7. The lowest BCUT2D eigenvalue weighted by atomic mass is 10.3. The van der Waals surface area contributed by atoms with E-state index < -0.39 is 6.10 Å². The molecule has 0 radical (unpaired) electrons. The molecule has 2 heterocycles. The van der Waals surface area contributed by atoms with Gasteiger partial charge in [0.05, 0.1) is 31.7 Å². The summed E-state index contributed by atoms with van der Waals surface area (Å²) in [4.78, 5) is 12.1. The van der Waals surface area contributed by atoms with E-state index in [1.54, 1.807) is 10.9 Å². The minimum atomic E-state index is -0.610. The van der Waals surface area contributed by atoms with Gasteiger partial charge in [0.15, 0.2) is 11.5 Å². The highest BCUT2D eigenvalue weighted by molar-refractivity contribution is 5.81. The first-order chi connectivity index (χ1) is 8.58. The topological polar surface area (TPSA) is 99.1 Å². The van der Waals surface area contributed by atoms with Crippen molar-refractivity contribution >= 4 is 17.0 Å². The molecule has 0 saturated carbocycles. The van der Waals surface area contributed by atoms with Crippen LogP contribution in [0.2, 0.25) is 0 Å². The summed E-state index contributed by atoms with van der Waals surface area (Å²) in [5.41, 5.74) is 6.85. The van der Waals surface area contributed by atoms with Crippen LogP contribution in [0.15, 0.2) is 12.7 Å². The van der Waals surface area contributed by atoms with Crippen molar-refractivity contribution in [2.75, 3.05) is 12.3 Å². The van der Waals surface area contributed by atoms with Crippen LogP contribution >= 0.6 is 0 Å². The molecule has 0 aliphatic heterocycles. The molecular formula is C11H17N5O2. The highest BCUT2D eigenvalue weighted by Gasteiger charge is 2.12. The number of rotatable bonds is 5. The number of nitrogens with two attached hydrogens (primary N) is 1. The van der Waals surface area contributed by atoms with E-state index in [4.69, 9.17) is 10.5 Å². The van der Waals surface area contributed by atoms with Gasteiger partial charge >= 0.3 is 0 Å². The number of aliphatic hydroxyl groups excluding tert-OH is 1. The molecule has 7 heteroatoms. The number of aromatic nitrogens is 4. The Hall–Kier alpha value is -1.73. The maximum absolute atomic E-state index is 9.85. The number of hydrogen-bond acceptors (Lipinski definition) is 6. The van der Waals surface area contributed by atoms with E-state index in [0.29, 0.717) is 23.5 Å². The fourth-order valence-electron chi connectivity index (χ4n) is 1.62. The monoisotopic (exact) mass is 251 g/mol. The molecule has 0 unspecified atom stereocenters. The molecule has 0 spiro atoms. The lowest BCUT2D eigenvalue weighted by Crippen LogP contribution is -2.23. The average Bonchev–Trinajstić information content (AvgIpc) is 2.72. The van der Waals surface area contributed by atoms with E-state index >= 15 is 0 Å². The largest absolute Gasteiger partial charge is 0.389 e. The van der Waals surface area contributed by atoms with Crippen molar-refractivity contribution in [2.45, 2.75) is 32.6 Å². The zero-order chi connectivity index (χ0) is 13.1. The molecule has 0 saturated heterocycles. The van der Waals surface area contributed by atoms with Crippen LogP contribution in [0.3, 0.4) is 0 Å². The molecule has 0 aliphatic carbocycles. The van der Waals surface area contributed by atoms with E-state index in [1.807, 2.05) is 13.8 Å². The molecule has 18 heavy (non-hydrogen) atoms. The highest BCUT2D eigenvalue weighted by Crippen LogP contribution is 2.14. The summed E-state index contributed by atoms with van der Waals surface area (Å²) in [5, 5.41) is 9.85. The van der Waals surface area contributed by atoms with Crippen molar-refractivity contribution in [3.63, 3.8) is 0 Å². The van der Waals surface area contributed by atoms with Crippen molar-refractivity contribution < 1.29 is 9.84 Å². The first-order valence-corrected chi connectivity index (χ1v) is 5.79. The molecule has 0 fully saturated rings. The number of imidazole rings is 1. The Kier molecular flexibility index (Phi) is 3.73. The van der Waals surface area contributed by atoms with Gasteiger partial charge in [0.25, 0.3) is 0 Å². The molecular weight excluding hydrogens is 234 g/mol. The molecule has 0 amide bonds. The normalized spacial score (nSPS) is 13.3. The van der Waals surface area contributed by atoms with Crippen LogP contribution < -0.4 is 5.73 Å². The standard InChI is InChI=1S/C11H17N5O2/c1-7(2)18-4-8(17)3-16-6-15-9-10(12)13-5-14-11(9)16/h5-8,17H,3-4H2,1-2H3,(H2,12,13,14)/t8-/m0/s1. The fraction of sp³-hybridized carbons (Fsp3) is 0.545. The minimum Gasteiger partial charge on any atom is -0.389 e. The van der Waals surface area contributed by atoms with Crippen molar-refractivity contribution in [2.24, 2.45) is 0 Å². The van der Waals surface area contributed by atoms with Gasteiger partial charge in [-0.15, -0.1) is 0 Å². The maximum Gasteiger partial charge on any atom is 0.165 e. The summed E-state index contributed by atoms with van der Waals surface area (Å²) in [5.74, 6) is 0.340. The average molecular weight is 251 g/mol. The smallest absolute Gasteiger partial charge is 0.165 e. The molecule has 1 atom stereocenters. The Labute approximate surface area is 105 Å². The summed E-state index contributed by atoms with van der Waals surface area (Å²) in [6, 6.07) is 0. The summed E-state index contributed by atoms with van der Waals surface area (Å²) >= 11 is 0. The van der Waals surface area contributed by atoms with Crippen molar-refractivity contribution in [3.8, 4) is 0 Å². The zero-order valence-electron chi connectivity index (χ0n) is 10.4. The molecule has 3 N–H and O–H groups in total. The molecule has 2 aromatic rings. The van der Waals surface area contributed by atoms with Crippen molar-refractivity contribution in [1.29, 1.82) is 0 Å². The second-order valence-corrected chi connectivity index (χ2v) is 4.36. The number of anilines is 1. The predicted molar refractivity (Wildman–Crippen MR) is 66.8 cm³/mol. The molecule has 2 rings (SSSR count). The number of ether oxygens (including phenoxy) is 1. The van der Waals surface area contributed by atoms with E-state index in [9.17, 15) is 5.11 Å². The van der Waals surface area contributed by atoms with Gasteiger partial charge in [-0.1, -0.05) is 0 Å². The van der Waals surface area contributed by atoms with Crippen molar-refractivity contribution in [1.82, 2.24) is 19.5 Å². The Morgan fingerprint density at radius 3 is 2.89 bits per heavy atom. The van der Waals surface area contributed by atoms with Crippen LogP contribution in [0.1, 0.15) is 13.8 Å². The zero-order valence-corrected chi connectivity index (χ0v) is 10.4. The number of nitrogens with zero attached hydrogens (tertiary/aromatic N) is 4. The Bertz CT molecular complexity index is 525. The van der Waals surface area contributed by atoms with Crippen LogP contribution in [0, 0.1) is 0 Å². The van der Waals surface area contributed by atoms with Gasteiger partial charge in [-0.25, -0.2) is 15.0 Å². The van der Waals surface area contributed by atoms with Crippen LogP contribution in [0.5, 0.6) is 0 Å². The molecule has 2 aromatic heterocycles. The van der Waals surface area contributed by atoms with Crippen LogP contribution in [-0.2, 0) is 11.3 Å². The Morgan fingerprint density at radius 1 is 1.39 bits per heavy atom. The van der Waals surface area contributed by atoms with Gasteiger partial charge in [-0.2, -0.15) is 0 Å². The van der Waals surface area contributed by atoms with Gasteiger partial charge in [0.2, 0.25) is 0 Å². The SMILES string of the molecule is CC(C)OC[C@@H](O)Cn1cnc2c(N)ncnc21. The van der Waals surface area contributed by atoms with Crippen LogP contribution in [0.25, 0.3) is 11.2 Å². The molecule has 7 nitrogen and oxygen atoms in total. The molecule has 0 aliphatic rings. The second-order valence-electron chi connectivity index (χ2n) is 4.36. The van der Waals surface area contributed by atoms with Crippen molar-refractivity contribution in [3.05, 3.63) is 12.7 Å². The van der Waals surface area contributed by atoms with E-state index in [-0.39, 0.29) is 12.7 Å². The Morgan fingerprint density at radius 2 is 2.17 bits per heavy atom. The van der Waals surface area contributed by atoms with E-state index in [0.717, 1.165) is 0 Å². The molecule has 0 aromatic carbocycles. The number of nitrogen functional groups attached to an aromatic ring is 1.